The van der Waals surface area contributed by atoms with E-state index in [0.29, 0.717) is 25.9 Å². The third-order valence-corrected chi connectivity index (χ3v) is 5.73. The summed E-state index contributed by atoms with van der Waals surface area (Å²) in [5.74, 6) is -0.273. The zero-order valence-electron chi connectivity index (χ0n) is 18.7. The van der Waals surface area contributed by atoms with Gasteiger partial charge >= 0.3 is 6.03 Å². The molecule has 0 bridgehead atoms. The fourth-order valence-electron chi connectivity index (χ4n) is 4.06. The Kier molecular flexibility index (Phi) is 7.46. The molecule has 2 fully saturated rings. The molecule has 0 unspecified atom stereocenters. The number of rotatable bonds is 4. The lowest BCUT2D eigenvalue weighted by molar-refractivity contribution is -0.120. The zero-order chi connectivity index (χ0) is 22.4. The minimum atomic E-state index is -0.357. The number of anilines is 1. The lowest BCUT2D eigenvalue weighted by Gasteiger charge is -2.34. The van der Waals surface area contributed by atoms with Gasteiger partial charge in [0.25, 0.3) is 5.91 Å². The molecule has 1 aliphatic heterocycles. The van der Waals surface area contributed by atoms with Gasteiger partial charge in [-0.05, 0) is 46.5 Å². The quantitative estimate of drug-likeness (QED) is 0.679. The van der Waals surface area contributed by atoms with Gasteiger partial charge in [0, 0.05) is 43.0 Å². The summed E-state index contributed by atoms with van der Waals surface area (Å²) < 4.78 is 0. The van der Waals surface area contributed by atoms with Crippen molar-refractivity contribution in [3.05, 3.63) is 18.1 Å². The number of nitrogens with zero attached hydrogens (tertiary/aromatic N) is 3. The van der Waals surface area contributed by atoms with Crippen LogP contribution in [0.1, 0.15) is 76.2 Å². The number of likely N-dealkylation sites (tertiary alicyclic amines) is 1. The van der Waals surface area contributed by atoms with Crippen molar-refractivity contribution in [3.8, 4) is 0 Å². The summed E-state index contributed by atoms with van der Waals surface area (Å²) in [6, 6.07) is -0.144. The van der Waals surface area contributed by atoms with Crippen molar-refractivity contribution in [3.63, 3.8) is 0 Å². The molecule has 1 saturated carbocycles. The van der Waals surface area contributed by atoms with Crippen LogP contribution in [0, 0.1) is 5.92 Å². The normalized spacial score (nSPS) is 18.4. The molecule has 0 radical (unpaired) electrons. The molecule has 170 valence electrons. The topological polar surface area (TPSA) is 116 Å². The van der Waals surface area contributed by atoms with Crippen LogP contribution in [0.5, 0.6) is 0 Å². The smallest absolute Gasteiger partial charge is 0.317 e. The molecule has 2 heterocycles. The SMILES string of the molecule is CC(C)(C)NC(=O)N1CCC(NC(=O)c2nccnc2NC(=O)C2CCCCC2)CC1. The number of amides is 4. The van der Waals surface area contributed by atoms with Crippen LogP contribution in [0.25, 0.3) is 0 Å². The maximum absolute atomic E-state index is 12.8. The fraction of sp³-hybridized carbons (Fsp3) is 0.682. The highest BCUT2D eigenvalue weighted by Gasteiger charge is 2.28. The summed E-state index contributed by atoms with van der Waals surface area (Å²) in [6.07, 6.45) is 9.25. The maximum atomic E-state index is 12.8. The first-order chi connectivity index (χ1) is 14.7. The van der Waals surface area contributed by atoms with Crippen LogP contribution in [0.2, 0.25) is 0 Å². The van der Waals surface area contributed by atoms with Crippen LogP contribution in [-0.2, 0) is 4.79 Å². The largest absolute Gasteiger partial charge is 0.348 e. The standard InChI is InChI=1S/C22H34N6O3/c1-22(2,3)27-21(31)28-13-9-16(10-14-28)25-20(30)17-18(24-12-11-23-17)26-19(29)15-7-5-4-6-8-15/h11-12,15-16H,4-10,13-14H2,1-3H3,(H,25,30)(H,27,31)(H,24,26,29). The first-order valence-electron chi connectivity index (χ1n) is 11.2. The predicted molar refractivity (Wildman–Crippen MR) is 118 cm³/mol. The Hall–Kier alpha value is -2.71. The second-order valence-electron chi connectivity index (χ2n) is 9.49. The third-order valence-electron chi connectivity index (χ3n) is 5.73. The van der Waals surface area contributed by atoms with Crippen LogP contribution >= 0.6 is 0 Å². The third kappa shape index (κ3) is 6.63. The van der Waals surface area contributed by atoms with Gasteiger partial charge in [-0.2, -0.15) is 0 Å². The van der Waals surface area contributed by atoms with E-state index in [1.807, 2.05) is 20.8 Å². The fourth-order valence-corrected chi connectivity index (χ4v) is 4.06. The summed E-state index contributed by atoms with van der Waals surface area (Å²) in [5, 5.41) is 8.76. The minimum Gasteiger partial charge on any atom is -0.348 e. The lowest BCUT2D eigenvalue weighted by atomic mass is 9.89. The summed E-state index contributed by atoms with van der Waals surface area (Å²) in [5.41, 5.74) is -0.161. The highest BCUT2D eigenvalue weighted by Crippen LogP contribution is 2.25. The average Bonchev–Trinajstić information content (AvgIpc) is 2.74. The molecular weight excluding hydrogens is 396 g/mol. The number of hydrogen-bond acceptors (Lipinski definition) is 5. The molecule has 1 aromatic rings. The van der Waals surface area contributed by atoms with E-state index in [9.17, 15) is 14.4 Å². The second-order valence-corrected chi connectivity index (χ2v) is 9.49. The Balaban J connectivity index is 1.54. The van der Waals surface area contributed by atoms with Gasteiger partial charge < -0.3 is 20.9 Å². The second kappa shape index (κ2) is 10.1. The van der Waals surface area contributed by atoms with E-state index in [-0.39, 0.29) is 46.9 Å². The van der Waals surface area contributed by atoms with E-state index in [0.717, 1.165) is 25.7 Å². The highest BCUT2D eigenvalue weighted by molar-refractivity contribution is 6.01. The molecule has 2 aliphatic rings. The predicted octanol–water partition coefficient (Wildman–Crippen LogP) is 2.70. The van der Waals surface area contributed by atoms with Gasteiger partial charge in [0.15, 0.2) is 11.5 Å². The van der Waals surface area contributed by atoms with Crippen LogP contribution in [0.3, 0.4) is 0 Å². The molecule has 3 N–H and O–H groups in total. The van der Waals surface area contributed by atoms with Crippen molar-refractivity contribution in [1.29, 1.82) is 0 Å². The summed E-state index contributed by atoms with van der Waals surface area (Å²) in [6.45, 7) is 6.98. The highest BCUT2D eigenvalue weighted by atomic mass is 16.2. The maximum Gasteiger partial charge on any atom is 0.317 e. The Morgan fingerprint density at radius 2 is 1.61 bits per heavy atom. The molecule has 1 saturated heterocycles. The van der Waals surface area contributed by atoms with E-state index in [4.69, 9.17) is 0 Å². The first-order valence-corrected chi connectivity index (χ1v) is 11.2. The van der Waals surface area contributed by atoms with Crippen molar-refractivity contribution >= 4 is 23.7 Å². The molecule has 1 aliphatic carbocycles. The molecule has 0 aromatic carbocycles. The Morgan fingerprint density at radius 3 is 2.26 bits per heavy atom. The minimum absolute atomic E-state index is 0.0322. The Bertz CT molecular complexity index is 793. The van der Waals surface area contributed by atoms with Gasteiger partial charge in [-0.1, -0.05) is 19.3 Å². The van der Waals surface area contributed by atoms with Gasteiger partial charge in [0.1, 0.15) is 0 Å². The van der Waals surface area contributed by atoms with Crippen molar-refractivity contribution in [2.45, 2.75) is 77.3 Å². The molecule has 0 spiro atoms. The van der Waals surface area contributed by atoms with Crippen LogP contribution in [0.4, 0.5) is 10.6 Å². The van der Waals surface area contributed by atoms with Crippen molar-refractivity contribution in [2.24, 2.45) is 5.92 Å². The van der Waals surface area contributed by atoms with Gasteiger partial charge in [-0.3, -0.25) is 9.59 Å². The summed E-state index contributed by atoms with van der Waals surface area (Å²) >= 11 is 0. The monoisotopic (exact) mass is 430 g/mol. The van der Waals surface area contributed by atoms with E-state index < -0.39 is 0 Å². The number of piperidine rings is 1. The van der Waals surface area contributed by atoms with Crippen molar-refractivity contribution in [2.75, 3.05) is 18.4 Å². The molecule has 9 heteroatoms. The van der Waals surface area contributed by atoms with Gasteiger partial charge in [0.05, 0.1) is 0 Å². The summed E-state index contributed by atoms with van der Waals surface area (Å²) in [7, 11) is 0. The number of carbonyl (C=O) groups excluding carboxylic acids is 3. The molecule has 4 amide bonds. The van der Waals surface area contributed by atoms with Gasteiger partial charge in [0.2, 0.25) is 5.91 Å². The number of carbonyl (C=O) groups is 3. The van der Waals surface area contributed by atoms with Crippen molar-refractivity contribution in [1.82, 2.24) is 25.5 Å². The number of hydrogen-bond donors (Lipinski definition) is 3. The molecular formula is C22H34N6O3. The Morgan fingerprint density at radius 1 is 0.968 bits per heavy atom. The zero-order valence-corrected chi connectivity index (χ0v) is 18.7. The molecule has 31 heavy (non-hydrogen) atoms. The number of nitrogens with one attached hydrogen (secondary N) is 3. The van der Waals surface area contributed by atoms with Crippen LogP contribution < -0.4 is 16.0 Å². The van der Waals surface area contributed by atoms with Crippen LogP contribution in [-0.4, -0.2) is 57.4 Å². The first kappa shape index (κ1) is 23.0. The number of aromatic nitrogens is 2. The van der Waals surface area contributed by atoms with E-state index >= 15 is 0 Å². The molecule has 0 atom stereocenters. The average molecular weight is 431 g/mol. The summed E-state index contributed by atoms with van der Waals surface area (Å²) in [4.78, 5) is 47.8. The molecule has 9 nitrogen and oxygen atoms in total. The van der Waals surface area contributed by atoms with Crippen LogP contribution in [0.15, 0.2) is 12.4 Å². The van der Waals surface area contributed by atoms with E-state index in [2.05, 4.69) is 25.9 Å². The Labute approximate surface area is 183 Å². The van der Waals surface area contributed by atoms with E-state index in [1.54, 1.807) is 4.90 Å². The van der Waals surface area contributed by atoms with E-state index in [1.165, 1.54) is 18.8 Å². The lowest BCUT2D eigenvalue weighted by Crippen LogP contribution is -2.53. The van der Waals surface area contributed by atoms with Gasteiger partial charge in [-0.15, -0.1) is 0 Å². The molecule has 3 rings (SSSR count). The van der Waals surface area contributed by atoms with Gasteiger partial charge in [-0.25, -0.2) is 14.8 Å². The van der Waals surface area contributed by atoms with Crippen molar-refractivity contribution < 1.29 is 14.4 Å². The molecule has 1 aromatic heterocycles. The number of urea groups is 1.